The quantitative estimate of drug-likeness (QED) is 0.539. The van der Waals surface area contributed by atoms with Gasteiger partial charge in [0.1, 0.15) is 10.9 Å². The Bertz CT molecular complexity index is 1140. The molecule has 0 aliphatic carbocycles. The van der Waals surface area contributed by atoms with Crippen molar-refractivity contribution in [3.05, 3.63) is 40.3 Å². The average molecular weight is 385 g/mol. The molecule has 1 amide bonds. The first-order valence-electron chi connectivity index (χ1n) is 7.53. The number of amides is 1. The Kier molecular flexibility index (Phi) is 3.93. The third-order valence-electron chi connectivity index (χ3n) is 3.97. The van der Waals surface area contributed by atoms with Crippen molar-refractivity contribution in [2.75, 3.05) is 6.54 Å². The molecule has 3 aromatic rings. The fraction of sp³-hybridized carbons (Fsp3) is 0.125. The Morgan fingerprint density at radius 1 is 1.42 bits per heavy atom. The van der Waals surface area contributed by atoms with Gasteiger partial charge in [-0.2, -0.15) is 4.52 Å². The van der Waals surface area contributed by atoms with Gasteiger partial charge >= 0.3 is 5.97 Å². The van der Waals surface area contributed by atoms with Crippen molar-refractivity contribution < 1.29 is 14.7 Å². The summed E-state index contributed by atoms with van der Waals surface area (Å²) in [5.41, 5.74) is 3.08. The zero-order chi connectivity index (χ0) is 18.4. The molecule has 130 valence electrons. The van der Waals surface area contributed by atoms with Crippen LogP contribution in [0.1, 0.15) is 11.1 Å². The number of nitrogens with zero attached hydrogens (tertiary/aromatic N) is 5. The van der Waals surface area contributed by atoms with E-state index in [1.54, 1.807) is 10.6 Å². The Labute approximate surface area is 156 Å². The Balaban J connectivity index is 1.86. The van der Waals surface area contributed by atoms with E-state index >= 15 is 0 Å². The molecular formula is C16H11N5O3S2. The van der Waals surface area contributed by atoms with Crippen LogP contribution >= 0.6 is 24.0 Å². The molecule has 3 heterocycles. The van der Waals surface area contributed by atoms with Crippen molar-refractivity contribution in [2.45, 2.75) is 6.92 Å². The van der Waals surface area contributed by atoms with Crippen LogP contribution in [0, 0.1) is 6.92 Å². The highest BCUT2D eigenvalue weighted by atomic mass is 32.2. The number of para-hydroxylation sites is 1. The number of aliphatic carboxylic acids is 1. The van der Waals surface area contributed by atoms with Gasteiger partial charge in [-0.25, -0.2) is 0 Å². The van der Waals surface area contributed by atoms with E-state index in [-0.39, 0.29) is 4.32 Å². The number of carboxylic acid groups (broad SMARTS) is 1. The molecule has 0 bridgehead atoms. The van der Waals surface area contributed by atoms with Crippen LogP contribution in [0.4, 0.5) is 0 Å². The summed E-state index contributed by atoms with van der Waals surface area (Å²) in [4.78, 5) is 24.8. The average Bonchev–Trinajstić information content (AvgIpc) is 3.16. The molecule has 1 fully saturated rings. The van der Waals surface area contributed by atoms with Gasteiger partial charge in [0, 0.05) is 10.9 Å². The number of carbonyl (C=O) groups is 2. The highest BCUT2D eigenvalue weighted by Gasteiger charge is 2.33. The first-order chi connectivity index (χ1) is 12.5. The maximum atomic E-state index is 12.5. The number of pyridine rings is 1. The van der Waals surface area contributed by atoms with E-state index < -0.39 is 18.4 Å². The summed E-state index contributed by atoms with van der Waals surface area (Å²) in [6.45, 7) is 1.51. The highest BCUT2D eigenvalue weighted by Crippen LogP contribution is 2.33. The molecule has 1 aliphatic rings. The lowest BCUT2D eigenvalue weighted by Crippen LogP contribution is -2.33. The van der Waals surface area contributed by atoms with Crippen LogP contribution in [0.25, 0.3) is 22.6 Å². The summed E-state index contributed by atoms with van der Waals surface area (Å²) in [6.07, 6.45) is 1.65. The standard InChI is InChI=1S/C16H11N5O3S2/c1-8-3-2-4-9-5-10(14-17-18-19-21(14)13(8)9)6-11-15(24)20(7-12(22)23)16(25)26-11/h2-6H,7H2,1H3,(H,22,23)/b11-6-. The lowest BCUT2D eigenvalue weighted by molar-refractivity contribution is -0.140. The third kappa shape index (κ3) is 2.63. The number of carboxylic acids is 1. The number of aryl methyl sites for hydroxylation is 1. The molecular weight excluding hydrogens is 374 g/mol. The molecule has 0 unspecified atom stereocenters. The van der Waals surface area contributed by atoms with Gasteiger partial charge in [0.15, 0.2) is 5.65 Å². The van der Waals surface area contributed by atoms with E-state index in [0.717, 1.165) is 33.1 Å². The van der Waals surface area contributed by atoms with Crippen molar-refractivity contribution in [2.24, 2.45) is 0 Å². The largest absolute Gasteiger partial charge is 0.480 e. The molecule has 0 radical (unpaired) electrons. The lowest BCUT2D eigenvalue weighted by Gasteiger charge is -2.10. The monoisotopic (exact) mass is 385 g/mol. The van der Waals surface area contributed by atoms with E-state index in [0.29, 0.717) is 16.1 Å². The molecule has 0 saturated carbocycles. The van der Waals surface area contributed by atoms with Crippen LogP contribution in [-0.2, 0) is 9.59 Å². The molecule has 1 aliphatic heterocycles. The number of tetrazole rings is 1. The fourth-order valence-electron chi connectivity index (χ4n) is 2.86. The molecule has 4 rings (SSSR count). The Morgan fingerprint density at radius 2 is 2.23 bits per heavy atom. The van der Waals surface area contributed by atoms with E-state index in [2.05, 4.69) is 15.5 Å². The van der Waals surface area contributed by atoms with Gasteiger partial charge in [0.2, 0.25) is 0 Å². The second-order valence-electron chi connectivity index (χ2n) is 5.69. The second kappa shape index (κ2) is 6.15. The molecule has 26 heavy (non-hydrogen) atoms. The zero-order valence-electron chi connectivity index (χ0n) is 13.4. The van der Waals surface area contributed by atoms with Crippen LogP contribution in [0.3, 0.4) is 0 Å². The maximum Gasteiger partial charge on any atom is 0.323 e. The highest BCUT2D eigenvalue weighted by molar-refractivity contribution is 8.26. The number of thiocarbonyl (C=S) groups is 1. The van der Waals surface area contributed by atoms with Crippen molar-refractivity contribution in [1.82, 2.24) is 24.9 Å². The number of hydrogen-bond acceptors (Lipinski definition) is 7. The van der Waals surface area contributed by atoms with Gasteiger partial charge in [-0.15, -0.1) is 5.10 Å². The molecule has 2 aromatic heterocycles. The van der Waals surface area contributed by atoms with Crippen LogP contribution in [0.2, 0.25) is 0 Å². The first-order valence-corrected chi connectivity index (χ1v) is 8.76. The number of hydrogen-bond donors (Lipinski definition) is 1. The van der Waals surface area contributed by atoms with E-state index in [9.17, 15) is 9.59 Å². The predicted molar refractivity (Wildman–Crippen MR) is 101 cm³/mol. The van der Waals surface area contributed by atoms with Gasteiger partial charge in [-0.3, -0.25) is 14.5 Å². The molecule has 10 heteroatoms. The SMILES string of the molecule is Cc1cccc2cc(/C=C3\SC(=S)N(CC(=O)O)C3=O)c3nnnn3c12. The molecule has 1 aromatic carbocycles. The van der Waals surface area contributed by atoms with Crippen molar-refractivity contribution in [1.29, 1.82) is 0 Å². The van der Waals surface area contributed by atoms with Crippen LogP contribution in [0.5, 0.6) is 0 Å². The van der Waals surface area contributed by atoms with Crippen molar-refractivity contribution in [3.63, 3.8) is 0 Å². The van der Waals surface area contributed by atoms with Crippen LogP contribution in [-0.4, -0.2) is 52.8 Å². The minimum Gasteiger partial charge on any atom is -0.480 e. The summed E-state index contributed by atoms with van der Waals surface area (Å²) >= 11 is 6.19. The predicted octanol–water partition coefficient (Wildman–Crippen LogP) is 1.87. The summed E-state index contributed by atoms with van der Waals surface area (Å²) < 4.78 is 1.85. The van der Waals surface area contributed by atoms with Gasteiger partial charge in [0.05, 0.1) is 10.4 Å². The molecule has 1 N–H and O–H groups in total. The number of aromatic nitrogens is 4. The molecule has 0 spiro atoms. The smallest absolute Gasteiger partial charge is 0.323 e. The molecule has 8 nitrogen and oxygen atoms in total. The van der Waals surface area contributed by atoms with Gasteiger partial charge in [-0.05, 0) is 35.1 Å². The molecule has 1 saturated heterocycles. The number of benzene rings is 1. The number of rotatable bonds is 3. The number of fused-ring (bicyclic) bond motifs is 3. The second-order valence-corrected chi connectivity index (χ2v) is 7.36. The molecule has 0 atom stereocenters. The fourth-order valence-corrected chi connectivity index (χ4v) is 4.10. The Morgan fingerprint density at radius 3 is 3.00 bits per heavy atom. The maximum absolute atomic E-state index is 12.5. The van der Waals surface area contributed by atoms with Gasteiger partial charge in [0.25, 0.3) is 5.91 Å². The van der Waals surface area contributed by atoms with Crippen LogP contribution in [0.15, 0.2) is 29.2 Å². The van der Waals surface area contributed by atoms with Crippen LogP contribution < -0.4 is 0 Å². The summed E-state index contributed by atoms with van der Waals surface area (Å²) in [6, 6.07) is 7.75. The summed E-state index contributed by atoms with van der Waals surface area (Å²) in [5, 5.41) is 21.7. The minimum absolute atomic E-state index is 0.218. The summed E-state index contributed by atoms with van der Waals surface area (Å²) in [7, 11) is 0. The van der Waals surface area contributed by atoms with Gasteiger partial charge < -0.3 is 5.11 Å². The van der Waals surface area contributed by atoms with E-state index in [1.165, 1.54) is 0 Å². The minimum atomic E-state index is -1.12. The van der Waals surface area contributed by atoms with Crippen molar-refractivity contribution in [3.8, 4) is 0 Å². The number of carbonyl (C=O) groups excluding carboxylic acids is 1. The summed E-state index contributed by atoms with van der Waals surface area (Å²) in [5.74, 6) is -1.55. The first kappa shape index (κ1) is 16.6. The van der Waals surface area contributed by atoms with E-state index in [1.807, 2.05) is 31.2 Å². The topological polar surface area (TPSA) is 101 Å². The lowest BCUT2D eigenvalue weighted by atomic mass is 10.1. The third-order valence-corrected chi connectivity index (χ3v) is 5.35. The van der Waals surface area contributed by atoms with Crippen molar-refractivity contribution >= 4 is 62.8 Å². The van der Waals surface area contributed by atoms with Gasteiger partial charge in [-0.1, -0.05) is 42.2 Å². The normalized spacial score (nSPS) is 16.3. The number of thioether (sulfide) groups is 1. The Hall–Kier alpha value is -2.85. The zero-order valence-corrected chi connectivity index (χ0v) is 15.0. The van der Waals surface area contributed by atoms with E-state index in [4.69, 9.17) is 17.3 Å².